The molecule has 1 aromatic rings. The second-order valence-electron chi connectivity index (χ2n) is 4.71. The van der Waals surface area contributed by atoms with Crippen molar-refractivity contribution in [3.05, 3.63) is 23.8 Å². The molecule has 4 nitrogen and oxygen atoms in total. The summed E-state index contributed by atoms with van der Waals surface area (Å²) in [5, 5.41) is 3.55. The van der Waals surface area contributed by atoms with Gasteiger partial charge in [0.15, 0.2) is 0 Å². The molecule has 0 aliphatic carbocycles. The minimum absolute atomic E-state index is 0.0837. The Bertz CT molecular complexity index is 464. The van der Waals surface area contributed by atoms with Crippen molar-refractivity contribution in [3.8, 4) is 11.5 Å². The van der Waals surface area contributed by atoms with Gasteiger partial charge in [-0.1, -0.05) is 13.0 Å². The highest BCUT2D eigenvalue weighted by Gasteiger charge is 2.27. The molecule has 0 aromatic heterocycles. The zero-order valence-corrected chi connectivity index (χ0v) is 12.5. The topological polar surface area (TPSA) is 47.6 Å². The van der Waals surface area contributed by atoms with Crippen molar-refractivity contribution in [1.82, 2.24) is 5.32 Å². The third-order valence-electron chi connectivity index (χ3n) is 3.49. The molecule has 1 aromatic carbocycles. The third-order valence-corrected chi connectivity index (χ3v) is 4.96. The molecule has 3 atom stereocenters. The van der Waals surface area contributed by atoms with Crippen LogP contribution >= 0.6 is 0 Å². The van der Waals surface area contributed by atoms with Gasteiger partial charge in [0.25, 0.3) is 0 Å². The second kappa shape index (κ2) is 6.39. The van der Waals surface area contributed by atoms with Crippen LogP contribution in [0.4, 0.5) is 0 Å². The third kappa shape index (κ3) is 3.28. The monoisotopic (exact) mass is 283 g/mol. The van der Waals surface area contributed by atoms with Gasteiger partial charge < -0.3 is 14.8 Å². The van der Waals surface area contributed by atoms with Crippen molar-refractivity contribution in [2.75, 3.05) is 25.7 Å². The van der Waals surface area contributed by atoms with E-state index >= 15 is 0 Å². The summed E-state index contributed by atoms with van der Waals surface area (Å²) in [6, 6.07) is 6.17. The molecule has 1 fully saturated rings. The fourth-order valence-corrected chi connectivity index (χ4v) is 3.95. The molecule has 19 heavy (non-hydrogen) atoms. The molecular weight excluding hydrogens is 262 g/mol. The number of benzene rings is 1. The predicted octanol–water partition coefficient (Wildman–Crippen LogP) is 1.88. The maximum absolute atomic E-state index is 11.9. The number of ether oxygens (including phenoxy) is 2. The van der Waals surface area contributed by atoms with E-state index in [0.29, 0.717) is 11.8 Å². The van der Waals surface area contributed by atoms with Gasteiger partial charge in [-0.05, 0) is 12.5 Å². The summed E-state index contributed by atoms with van der Waals surface area (Å²) >= 11 is 0. The highest BCUT2D eigenvalue weighted by molar-refractivity contribution is 7.85. The Morgan fingerprint density at radius 2 is 2.11 bits per heavy atom. The van der Waals surface area contributed by atoms with E-state index in [1.54, 1.807) is 14.2 Å². The van der Waals surface area contributed by atoms with Gasteiger partial charge in [-0.3, -0.25) is 4.21 Å². The van der Waals surface area contributed by atoms with Crippen LogP contribution in [-0.2, 0) is 10.8 Å². The first-order chi connectivity index (χ1) is 9.17. The van der Waals surface area contributed by atoms with Gasteiger partial charge >= 0.3 is 0 Å². The Morgan fingerprint density at radius 1 is 1.32 bits per heavy atom. The molecule has 1 aliphatic heterocycles. The lowest BCUT2D eigenvalue weighted by Gasteiger charge is -2.31. The van der Waals surface area contributed by atoms with Crippen molar-refractivity contribution < 1.29 is 13.7 Å². The molecule has 3 unspecified atom stereocenters. The Hall–Kier alpha value is -1.07. The zero-order chi connectivity index (χ0) is 13.8. The number of hydrogen-bond acceptors (Lipinski definition) is 4. The average molecular weight is 283 g/mol. The molecule has 0 bridgehead atoms. The Balaban J connectivity index is 2.27. The van der Waals surface area contributed by atoms with Gasteiger partial charge in [0.2, 0.25) is 0 Å². The quantitative estimate of drug-likeness (QED) is 0.916. The molecule has 1 saturated heterocycles. The molecule has 1 heterocycles. The van der Waals surface area contributed by atoms with Crippen LogP contribution in [0.25, 0.3) is 0 Å². The predicted molar refractivity (Wildman–Crippen MR) is 77.4 cm³/mol. The standard InChI is InChI=1S/C14H21NO3S/c1-4-10-8-19(16)9-13(15-10)12-6-5-11(17-2)7-14(12)18-3/h5-7,10,13,15H,4,8-9H2,1-3H3. The van der Waals surface area contributed by atoms with E-state index in [1.165, 1.54) is 0 Å². The van der Waals surface area contributed by atoms with Gasteiger partial charge in [-0.25, -0.2) is 0 Å². The molecule has 0 spiro atoms. The minimum atomic E-state index is -0.767. The van der Waals surface area contributed by atoms with Crippen LogP contribution in [0.1, 0.15) is 24.9 Å². The van der Waals surface area contributed by atoms with Crippen LogP contribution < -0.4 is 14.8 Å². The highest BCUT2D eigenvalue weighted by Crippen LogP contribution is 2.31. The van der Waals surface area contributed by atoms with Gasteiger partial charge in [0, 0.05) is 46.0 Å². The van der Waals surface area contributed by atoms with Crippen molar-refractivity contribution in [3.63, 3.8) is 0 Å². The highest BCUT2D eigenvalue weighted by atomic mass is 32.2. The first-order valence-electron chi connectivity index (χ1n) is 6.50. The van der Waals surface area contributed by atoms with Crippen LogP contribution in [0, 0.1) is 0 Å². The normalized spacial score (nSPS) is 27.0. The summed E-state index contributed by atoms with van der Waals surface area (Å²) in [4.78, 5) is 0. The van der Waals surface area contributed by atoms with Crippen LogP contribution in [0.15, 0.2) is 18.2 Å². The summed E-state index contributed by atoms with van der Waals surface area (Å²) in [5.74, 6) is 2.93. The lowest BCUT2D eigenvalue weighted by Crippen LogP contribution is -2.44. The Morgan fingerprint density at radius 3 is 2.74 bits per heavy atom. The molecule has 0 saturated carbocycles. The van der Waals surface area contributed by atoms with Crippen molar-refractivity contribution in [2.45, 2.75) is 25.4 Å². The SMILES string of the molecule is CCC1CS(=O)CC(c2ccc(OC)cc2OC)N1. The lowest BCUT2D eigenvalue weighted by molar-refractivity contribution is 0.380. The van der Waals surface area contributed by atoms with Gasteiger partial charge in [0.05, 0.1) is 14.2 Å². The summed E-state index contributed by atoms with van der Waals surface area (Å²) in [7, 11) is 2.52. The smallest absolute Gasteiger partial charge is 0.127 e. The van der Waals surface area contributed by atoms with Crippen LogP contribution in [0.5, 0.6) is 11.5 Å². The van der Waals surface area contributed by atoms with E-state index in [1.807, 2.05) is 18.2 Å². The molecule has 2 rings (SSSR count). The minimum Gasteiger partial charge on any atom is -0.497 e. The summed E-state index contributed by atoms with van der Waals surface area (Å²) < 4.78 is 22.6. The van der Waals surface area contributed by atoms with Crippen molar-refractivity contribution in [2.24, 2.45) is 0 Å². The fraction of sp³-hybridized carbons (Fsp3) is 0.571. The van der Waals surface area contributed by atoms with E-state index in [-0.39, 0.29) is 6.04 Å². The maximum Gasteiger partial charge on any atom is 0.127 e. The summed E-state index contributed by atoms with van der Waals surface area (Å²) in [6.07, 6.45) is 0.987. The van der Waals surface area contributed by atoms with Gasteiger partial charge in [-0.15, -0.1) is 0 Å². The molecule has 1 aliphatic rings. The molecular formula is C14H21NO3S. The number of methoxy groups -OCH3 is 2. The van der Waals surface area contributed by atoms with E-state index in [2.05, 4.69) is 12.2 Å². The summed E-state index contributed by atoms with van der Waals surface area (Å²) in [6.45, 7) is 2.11. The largest absolute Gasteiger partial charge is 0.497 e. The van der Waals surface area contributed by atoms with Crippen LogP contribution in [0.3, 0.4) is 0 Å². The van der Waals surface area contributed by atoms with Gasteiger partial charge in [-0.2, -0.15) is 0 Å². The molecule has 5 heteroatoms. The van der Waals surface area contributed by atoms with E-state index < -0.39 is 10.8 Å². The molecule has 106 valence electrons. The van der Waals surface area contributed by atoms with E-state index in [0.717, 1.165) is 29.2 Å². The Labute approximate surface area is 116 Å². The van der Waals surface area contributed by atoms with E-state index in [4.69, 9.17) is 9.47 Å². The van der Waals surface area contributed by atoms with Gasteiger partial charge in [0.1, 0.15) is 11.5 Å². The number of hydrogen-bond donors (Lipinski definition) is 1. The van der Waals surface area contributed by atoms with Crippen LogP contribution in [-0.4, -0.2) is 36.0 Å². The molecule has 1 N–H and O–H groups in total. The number of nitrogens with one attached hydrogen (secondary N) is 1. The Kier molecular flexibility index (Phi) is 4.82. The fourth-order valence-electron chi connectivity index (χ4n) is 2.38. The lowest BCUT2D eigenvalue weighted by atomic mass is 10.0. The summed E-state index contributed by atoms with van der Waals surface area (Å²) in [5.41, 5.74) is 1.05. The van der Waals surface area contributed by atoms with E-state index in [9.17, 15) is 4.21 Å². The maximum atomic E-state index is 11.9. The van der Waals surface area contributed by atoms with Crippen LogP contribution in [0.2, 0.25) is 0 Å². The van der Waals surface area contributed by atoms with Crippen molar-refractivity contribution in [1.29, 1.82) is 0 Å². The molecule has 0 radical (unpaired) electrons. The number of rotatable bonds is 4. The second-order valence-corrected chi connectivity index (χ2v) is 6.25. The zero-order valence-electron chi connectivity index (χ0n) is 11.6. The first-order valence-corrected chi connectivity index (χ1v) is 7.99. The van der Waals surface area contributed by atoms with Crippen molar-refractivity contribution >= 4 is 10.8 Å². The average Bonchev–Trinajstić information content (AvgIpc) is 2.45. The molecule has 0 amide bonds. The first kappa shape index (κ1) is 14.3.